The van der Waals surface area contributed by atoms with E-state index in [1.54, 1.807) is 37.3 Å². The lowest BCUT2D eigenvalue weighted by Gasteiger charge is -2.29. The van der Waals surface area contributed by atoms with Crippen LogP contribution in [-0.4, -0.2) is 42.9 Å². The zero-order valence-electron chi connectivity index (χ0n) is 13.9. The van der Waals surface area contributed by atoms with Gasteiger partial charge in [-0.25, -0.2) is 9.82 Å². The molecule has 0 unspecified atom stereocenters. The molecule has 0 spiro atoms. The second-order valence-corrected chi connectivity index (χ2v) is 5.62. The summed E-state index contributed by atoms with van der Waals surface area (Å²) in [6.07, 6.45) is 1.53. The average molecular weight is 342 g/mol. The van der Waals surface area contributed by atoms with Crippen molar-refractivity contribution >= 4 is 17.3 Å². The molecule has 7 heteroatoms. The fraction of sp³-hybridized carbons (Fsp3) is 0.278. The number of nitrogens with one attached hydrogen (secondary N) is 1. The Labute approximate surface area is 145 Å². The van der Waals surface area contributed by atoms with Crippen LogP contribution < -0.4 is 10.3 Å². The van der Waals surface area contributed by atoms with E-state index in [4.69, 9.17) is 4.74 Å². The van der Waals surface area contributed by atoms with Gasteiger partial charge in [-0.05, 0) is 31.2 Å². The van der Waals surface area contributed by atoms with Gasteiger partial charge in [0.1, 0.15) is 11.5 Å². The Morgan fingerprint density at radius 2 is 2.08 bits per heavy atom. The van der Waals surface area contributed by atoms with E-state index in [1.807, 2.05) is 4.90 Å². The second-order valence-electron chi connectivity index (χ2n) is 5.62. The topological polar surface area (TPSA) is 66.8 Å². The highest BCUT2D eigenvalue weighted by Crippen LogP contribution is 2.21. The average Bonchev–Trinajstić information content (AvgIpc) is 2.67. The van der Waals surface area contributed by atoms with Crippen molar-refractivity contribution in [2.24, 2.45) is 5.10 Å². The molecule has 1 aromatic carbocycles. The number of ether oxygens (including phenoxy) is 1. The Kier molecular flexibility index (Phi) is 5.35. The van der Waals surface area contributed by atoms with Crippen molar-refractivity contribution in [2.45, 2.75) is 6.92 Å². The van der Waals surface area contributed by atoms with Crippen LogP contribution in [0.15, 0.2) is 47.7 Å². The van der Waals surface area contributed by atoms with Crippen LogP contribution in [0.2, 0.25) is 0 Å². The van der Waals surface area contributed by atoms with Gasteiger partial charge in [0.25, 0.3) is 5.91 Å². The van der Waals surface area contributed by atoms with E-state index < -0.39 is 5.91 Å². The van der Waals surface area contributed by atoms with Crippen LogP contribution in [0.1, 0.15) is 23.0 Å². The maximum atomic E-state index is 14.4. The van der Waals surface area contributed by atoms with Crippen molar-refractivity contribution in [2.75, 3.05) is 31.2 Å². The number of pyridine rings is 1. The third kappa shape index (κ3) is 4.19. The number of hydrazone groups is 1. The summed E-state index contributed by atoms with van der Waals surface area (Å²) >= 11 is 0. The third-order valence-corrected chi connectivity index (χ3v) is 3.94. The lowest BCUT2D eigenvalue weighted by Crippen LogP contribution is -2.36. The molecule has 6 nitrogen and oxygen atoms in total. The molecular weight excluding hydrogens is 323 g/mol. The molecule has 3 rings (SSSR count). The highest BCUT2D eigenvalue weighted by molar-refractivity contribution is 6.00. The standard InChI is InChI=1S/C18H19FN4O2/c1-13(21-22-18(24)16-4-2-3-7-20-16)14-5-6-17(15(19)12-14)23-8-10-25-11-9-23/h2-7,12H,8-11H2,1H3,(H,22,24)/b21-13-. The Morgan fingerprint density at radius 3 is 2.76 bits per heavy atom. The first kappa shape index (κ1) is 17.0. The molecule has 0 aliphatic carbocycles. The van der Waals surface area contributed by atoms with Crippen LogP contribution in [0.25, 0.3) is 0 Å². The number of amides is 1. The van der Waals surface area contributed by atoms with Gasteiger partial charge >= 0.3 is 0 Å². The second kappa shape index (κ2) is 7.85. The maximum Gasteiger partial charge on any atom is 0.289 e. The predicted molar refractivity (Wildman–Crippen MR) is 93.3 cm³/mol. The van der Waals surface area contributed by atoms with Crippen LogP contribution in [0, 0.1) is 5.82 Å². The molecule has 1 fully saturated rings. The molecule has 0 radical (unpaired) electrons. The number of aromatic nitrogens is 1. The van der Waals surface area contributed by atoms with Crippen LogP contribution in [-0.2, 0) is 4.74 Å². The van der Waals surface area contributed by atoms with Gasteiger partial charge in [-0.1, -0.05) is 12.1 Å². The Bertz CT molecular complexity index is 774. The Hall–Kier alpha value is -2.80. The van der Waals surface area contributed by atoms with E-state index in [1.165, 1.54) is 12.3 Å². The summed E-state index contributed by atoms with van der Waals surface area (Å²) in [5, 5.41) is 4.03. The quantitative estimate of drug-likeness (QED) is 0.683. The summed E-state index contributed by atoms with van der Waals surface area (Å²) in [5.74, 6) is -0.727. The normalized spacial score (nSPS) is 15.1. The Morgan fingerprint density at radius 1 is 1.28 bits per heavy atom. The fourth-order valence-electron chi connectivity index (χ4n) is 2.55. The van der Waals surface area contributed by atoms with Gasteiger partial charge in [0.15, 0.2) is 0 Å². The van der Waals surface area contributed by atoms with Crippen molar-refractivity contribution in [1.82, 2.24) is 10.4 Å². The van der Waals surface area contributed by atoms with E-state index in [-0.39, 0.29) is 11.5 Å². The lowest BCUT2D eigenvalue weighted by atomic mass is 10.1. The van der Waals surface area contributed by atoms with Crippen LogP contribution in [0.4, 0.5) is 10.1 Å². The number of hydrogen-bond donors (Lipinski definition) is 1. The van der Waals surface area contributed by atoms with E-state index in [2.05, 4.69) is 15.5 Å². The number of rotatable bonds is 4. The molecule has 1 N–H and O–H groups in total. The highest BCUT2D eigenvalue weighted by atomic mass is 19.1. The summed E-state index contributed by atoms with van der Waals surface area (Å²) in [6, 6.07) is 9.99. The first-order valence-electron chi connectivity index (χ1n) is 8.03. The van der Waals surface area contributed by atoms with Crippen molar-refractivity contribution in [1.29, 1.82) is 0 Å². The number of hydrogen-bond acceptors (Lipinski definition) is 5. The fourth-order valence-corrected chi connectivity index (χ4v) is 2.55. The minimum absolute atomic E-state index is 0.271. The maximum absolute atomic E-state index is 14.4. The van der Waals surface area contributed by atoms with Crippen molar-refractivity contribution in [3.63, 3.8) is 0 Å². The highest BCUT2D eigenvalue weighted by Gasteiger charge is 2.16. The molecule has 130 valence electrons. The SMILES string of the molecule is C/C(=N/NC(=O)c1ccccn1)c1ccc(N2CCOCC2)c(F)c1. The monoisotopic (exact) mass is 342 g/mol. The van der Waals surface area contributed by atoms with Gasteiger partial charge < -0.3 is 9.64 Å². The zero-order chi connectivity index (χ0) is 17.6. The first-order chi connectivity index (χ1) is 12.1. The number of carbonyl (C=O) groups excluding carboxylic acids is 1. The molecule has 1 amide bonds. The minimum atomic E-state index is -0.412. The number of morpholine rings is 1. The number of nitrogens with zero attached hydrogens (tertiary/aromatic N) is 3. The van der Waals surface area contributed by atoms with Crippen LogP contribution in [0.3, 0.4) is 0 Å². The summed E-state index contributed by atoms with van der Waals surface area (Å²) < 4.78 is 19.7. The smallest absolute Gasteiger partial charge is 0.289 e. The molecule has 1 aliphatic heterocycles. The minimum Gasteiger partial charge on any atom is -0.378 e. The molecule has 2 heterocycles. The van der Waals surface area contributed by atoms with E-state index in [0.29, 0.717) is 43.3 Å². The molecule has 1 saturated heterocycles. The number of carbonyl (C=O) groups is 1. The number of anilines is 1. The van der Waals surface area contributed by atoms with E-state index >= 15 is 0 Å². The third-order valence-electron chi connectivity index (χ3n) is 3.94. The van der Waals surface area contributed by atoms with Gasteiger partial charge in [-0.3, -0.25) is 9.78 Å². The molecule has 1 aromatic heterocycles. The van der Waals surface area contributed by atoms with Crippen molar-refractivity contribution < 1.29 is 13.9 Å². The van der Waals surface area contributed by atoms with Crippen LogP contribution >= 0.6 is 0 Å². The van der Waals surface area contributed by atoms with Crippen molar-refractivity contribution in [3.05, 3.63) is 59.7 Å². The van der Waals surface area contributed by atoms with E-state index in [0.717, 1.165) is 0 Å². The molecule has 1 aliphatic rings. The summed E-state index contributed by atoms with van der Waals surface area (Å²) in [4.78, 5) is 17.8. The van der Waals surface area contributed by atoms with Gasteiger partial charge in [0.2, 0.25) is 0 Å². The van der Waals surface area contributed by atoms with Crippen molar-refractivity contribution in [3.8, 4) is 0 Å². The Balaban J connectivity index is 1.70. The molecule has 25 heavy (non-hydrogen) atoms. The first-order valence-corrected chi connectivity index (χ1v) is 8.03. The summed E-state index contributed by atoms with van der Waals surface area (Å²) in [6.45, 7) is 4.25. The van der Waals surface area contributed by atoms with E-state index in [9.17, 15) is 9.18 Å². The van der Waals surface area contributed by atoms with Gasteiger partial charge in [0, 0.05) is 24.8 Å². The predicted octanol–water partition coefficient (Wildman–Crippen LogP) is 2.21. The molecule has 0 saturated carbocycles. The van der Waals surface area contributed by atoms with Gasteiger partial charge in [-0.2, -0.15) is 5.10 Å². The van der Waals surface area contributed by atoms with Gasteiger partial charge in [-0.15, -0.1) is 0 Å². The number of benzene rings is 1. The molecule has 0 bridgehead atoms. The molecular formula is C18H19FN4O2. The molecule has 0 atom stereocenters. The van der Waals surface area contributed by atoms with Crippen LogP contribution in [0.5, 0.6) is 0 Å². The summed E-state index contributed by atoms with van der Waals surface area (Å²) in [7, 11) is 0. The molecule has 2 aromatic rings. The zero-order valence-corrected chi connectivity index (χ0v) is 13.9. The lowest BCUT2D eigenvalue weighted by molar-refractivity contribution is 0.0950. The summed E-state index contributed by atoms with van der Waals surface area (Å²) in [5.41, 5.74) is 4.37. The van der Waals surface area contributed by atoms with Gasteiger partial charge in [0.05, 0.1) is 24.6 Å². The number of halogens is 1. The largest absolute Gasteiger partial charge is 0.378 e.